The van der Waals surface area contributed by atoms with Gasteiger partial charge in [0.1, 0.15) is 10.4 Å². The smallest absolute Gasteiger partial charge is 0.265 e. The summed E-state index contributed by atoms with van der Waals surface area (Å²) in [4.78, 5) is 38.0. The zero-order valence-corrected chi connectivity index (χ0v) is 16.9. The summed E-state index contributed by atoms with van der Waals surface area (Å²) in [5, 5.41) is 4.43. The average molecular weight is 398 g/mol. The fourth-order valence-corrected chi connectivity index (χ4v) is 4.43. The van der Waals surface area contributed by atoms with Crippen molar-refractivity contribution in [3.63, 3.8) is 0 Å². The molecule has 2 amide bonds. The van der Waals surface area contributed by atoms with Gasteiger partial charge < -0.3 is 9.80 Å². The Hall–Kier alpha value is -2.81. The minimum Gasteiger partial charge on any atom is -0.345 e. The Kier molecular flexibility index (Phi) is 4.84. The Balaban J connectivity index is 1.64. The van der Waals surface area contributed by atoms with Gasteiger partial charge in [-0.15, -0.1) is 11.3 Å². The second kappa shape index (κ2) is 7.31. The lowest BCUT2D eigenvalue weighted by Gasteiger charge is -2.32. The van der Waals surface area contributed by atoms with Gasteiger partial charge in [-0.2, -0.15) is 5.10 Å². The highest BCUT2D eigenvalue weighted by Gasteiger charge is 2.29. The molecule has 0 radical (unpaired) electrons. The number of carbonyl (C=O) groups excluding carboxylic acids is 2. The van der Waals surface area contributed by atoms with E-state index in [9.17, 15) is 9.59 Å². The Bertz CT molecular complexity index is 1040. The number of fused-ring (bicyclic) bond motifs is 1. The molecule has 1 aliphatic rings. The molecule has 0 spiro atoms. The molecule has 1 saturated heterocycles. The number of likely N-dealkylation sites (tertiary alicyclic amines) is 1. The van der Waals surface area contributed by atoms with Crippen LogP contribution < -0.4 is 0 Å². The molecule has 9 heteroatoms. The third kappa shape index (κ3) is 3.15. The maximum Gasteiger partial charge on any atom is 0.265 e. The van der Waals surface area contributed by atoms with E-state index >= 15 is 0 Å². The van der Waals surface area contributed by atoms with E-state index in [-0.39, 0.29) is 17.7 Å². The highest BCUT2D eigenvalue weighted by atomic mass is 32.1. The summed E-state index contributed by atoms with van der Waals surface area (Å²) < 4.78 is 1.74. The van der Waals surface area contributed by atoms with Crippen molar-refractivity contribution in [2.45, 2.75) is 25.7 Å². The molecule has 1 aliphatic heterocycles. The van der Waals surface area contributed by atoms with Crippen molar-refractivity contribution in [3.05, 3.63) is 45.8 Å². The first kappa shape index (κ1) is 18.5. The van der Waals surface area contributed by atoms with E-state index in [1.807, 2.05) is 17.9 Å². The molecule has 0 saturated carbocycles. The second-order valence-corrected chi connectivity index (χ2v) is 8.07. The van der Waals surface area contributed by atoms with Crippen LogP contribution in [-0.4, -0.2) is 68.4 Å². The Morgan fingerprint density at radius 1 is 1.29 bits per heavy atom. The van der Waals surface area contributed by atoms with Crippen molar-refractivity contribution >= 4 is 28.8 Å². The highest BCUT2D eigenvalue weighted by Crippen LogP contribution is 2.29. The Morgan fingerprint density at radius 3 is 2.82 bits per heavy atom. The van der Waals surface area contributed by atoms with Gasteiger partial charge in [0.15, 0.2) is 5.65 Å². The first-order chi connectivity index (χ1) is 13.5. The van der Waals surface area contributed by atoms with Gasteiger partial charge in [0.25, 0.3) is 11.8 Å². The summed E-state index contributed by atoms with van der Waals surface area (Å²) in [6.45, 7) is 3.22. The number of rotatable bonds is 3. The lowest BCUT2D eigenvalue weighted by molar-refractivity contribution is 0.0709. The molecule has 28 heavy (non-hydrogen) atoms. The number of thiazole rings is 1. The van der Waals surface area contributed by atoms with Crippen LogP contribution in [0.4, 0.5) is 0 Å². The van der Waals surface area contributed by atoms with Gasteiger partial charge in [-0.3, -0.25) is 9.59 Å². The number of piperidine rings is 1. The lowest BCUT2D eigenvalue weighted by atomic mass is 9.94. The van der Waals surface area contributed by atoms with Crippen LogP contribution in [0.3, 0.4) is 0 Å². The van der Waals surface area contributed by atoms with Crippen molar-refractivity contribution in [2.24, 2.45) is 0 Å². The molecule has 3 aromatic heterocycles. The van der Waals surface area contributed by atoms with Crippen molar-refractivity contribution in [1.29, 1.82) is 0 Å². The summed E-state index contributed by atoms with van der Waals surface area (Å²) in [5.74, 6) is 0.0540. The van der Waals surface area contributed by atoms with E-state index < -0.39 is 0 Å². The van der Waals surface area contributed by atoms with Crippen LogP contribution in [0.1, 0.15) is 50.2 Å². The number of amides is 2. The van der Waals surface area contributed by atoms with E-state index in [1.54, 1.807) is 36.5 Å². The van der Waals surface area contributed by atoms with Crippen LogP contribution in [0.2, 0.25) is 0 Å². The summed E-state index contributed by atoms with van der Waals surface area (Å²) in [5.41, 5.74) is 4.50. The molecule has 0 bridgehead atoms. The summed E-state index contributed by atoms with van der Waals surface area (Å²) in [7, 11) is 3.42. The number of aryl methyl sites for hydroxylation is 1. The number of hydrogen-bond donors (Lipinski definition) is 0. The van der Waals surface area contributed by atoms with Crippen LogP contribution in [0.15, 0.2) is 24.0 Å². The van der Waals surface area contributed by atoms with E-state index in [0.717, 1.165) is 30.8 Å². The summed E-state index contributed by atoms with van der Waals surface area (Å²) in [6.07, 6.45) is 5.16. The first-order valence-electron chi connectivity index (χ1n) is 9.21. The molecule has 1 atom stereocenters. The molecule has 1 fully saturated rings. The number of carbonyl (C=O) groups is 2. The molecule has 0 aromatic carbocycles. The maximum absolute atomic E-state index is 12.9. The van der Waals surface area contributed by atoms with Crippen LogP contribution >= 0.6 is 11.3 Å². The molecule has 146 valence electrons. The van der Waals surface area contributed by atoms with E-state index in [4.69, 9.17) is 0 Å². The van der Waals surface area contributed by atoms with Crippen molar-refractivity contribution < 1.29 is 9.59 Å². The number of nitrogens with zero attached hydrogens (tertiary/aromatic N) is 6. The van der Waals surface area contributed by atoms with Crippen molar-refractivity contribution in [1.82, 2.24) is 29.4 Å². The van der Waals surface area contributed by atoms with Gasteiger partial charge in [0.05, 0.1) is 23.1 Å². The van der Waals surface area contributed by atoms with Gasteiger partial charge in [0, 0.05) is 39.3 Å². The molecule has 4 rings (SSSR count). The second-order valence-electron chi connectivity index (χ2n) is 7.22. The third-order valence-corrected chi connectivity index (χ3v) is 6.05. The van der Waals surface area contributed by atoms with Crippen LogP contribution in [0.25, 0.3) is 5.65 Å². The van der Waals surface area contributed by atoms with Gasteiger partial charge in [-0.25, -0.2) is 14.5 Å². The summed E-state index contributed by atoms with van der Waals surface area (Å²) in [6, 6.07) is 1.93. The molecular weight excluding hydrogens is 376 g/mol. The van der Waals surface area contributed by atoms with E-state index in [2.05, 4.69) is 15.1 Å². The van der Waals surface area contributed by atoms with Gasteiger partial charge in [0.2, 0.25) is 0 Å². The minimum atomic E-state index is -0.124. The van der Waals surface area contributed by atoms with Crippen LogP contribution in [-0.2, 0) is 0 Å². The molecule has 4 heterocycles. The number of hydrogen-bond acceptors (Lipinski definition) is 6. The molecule has 3 aromatic rings. The largest absolute Gasteiger partial charge is 0.345 e. The van der Waals surface area contributed by atoms with Crippen LogP contribution in [0.5, 0.6) is 0 Å². The molecule has 0 aliphatic carbocycles. The average Bonchev–Trinajstić information content (AvgIpc) is 3.32. The van der Waals surface area contributed by atoms with Gasteiger partial charge >= 0.3 is 0 Å². The van der Waals surface area contributed by atoms with E-state index in [1.165, 1.54) is 16.2 Å². The third-order valence-electron chi connectivity index (χ3n) is 5.13. The normalized spacial score (nSPS) is 17.1. The quantitative estimate of drug-likeness (QED) is 0.675. The fourth-order valence-electron chi connectivity index (χ4n) is 3.66. The van der Waals surface area contributed by atoms with E-state index in [0.29, 0.717) is 22.6 Å². The molecule has 0 N–H and O–H groups in total. The molecule has 8 nitrogen and oxygen atoms in total. The molecule has 0 unspecified atom stereocenters. The fraction of sp³-hybridized carbons (Fsp3) is 0.421. The zero-order valence-electron chi connectivity index (χ0n) is 16.1. The van der Waals surface area contributed by atoms with Crippen LogP contribution in [0, 0.1) is 6.92 Å². The topological polar surface area (TPSA) is 83.7 Å². The molecular formula is C19H22N6O2S. The van der Waals surface area contributed by atoms with Gasteiger partial charge in [-0.05, 0) is 25.8 Å². The highest BCUT2D eigenvalue weighted by molar-refractivity contribution is 7.11. The SMILES string of the molecule is Cc1ncsc1C(=O)N1CCC[C@H](c2ccnc3c(C(=O)N(C)C)cnn23)C1. The van der Waals surface area contributed by atoms with Crippen molar-refractivity contribution in [2.75, 3.05) is 27.2 Å². The number of aromatic nitrogens is 4. The standard InChI is InChI=1S/C19H22N6O2S/c1-12-16(28-11-21-12)19(27)24-8-4-5-13(10-24)15-6-7-20-17-14(9-22-25(15)17)18(26)23(2)3/h6-7,9,11,13H,4-5,8,10H2,1-3H3/t13-/m0/s1. The Morgan fingerprint density at radius 2 is 2.11 bits per heavy atom. The van der Waals surface area contributed by atoms with Gasteiger partial charge in [-0.1, -0.05) is 0 Å². The first-order valence-corrected chi connectivity index (χ1v) is 10.1. The lowest BCUT2D eigenvalue weighted by Crippen LogP contribution is -2.39. The van der Waals surface area contributed by atoms with Crippen molar-refractivity contribution in [3.8, 4) is 0 Å². The maximum atomic E-state index is 12.9. The predicted molar refractivity (Wildman–Crippen MR) is 106 cm³/mol. The predicted octanol–water partition coefficient (Wildman–Crippen LogP) is 2.22. The zero-order chi connectivity index (χ0) is 19.8. The summed E-state index contributed by atoms with van der Waals surface area (Å²) >= 11 is 1.39. The monoisotopic (exact) mass is 398 g/mol. The minimum absolute atomic E-state index is 0.0407. The Labute approximate surface area is 166 Å².